The maximum Gasteiger partial charge on any atom is 0.338 e. The van der Waals surface area contributed by atoms with Gasteiger partial charge < -0.3 is 10.4 Å². The number of benzene rings is 1. The van der Waals surface area contributed by atoms with Crippen LogP contribution in [0.3, 0.4) is 0 Å². The summed E-state index contributed by atoms with van der Waals surface area (Å²) in [4.78, 5) is 25.6. The Labute approximate surface area is 115 Å². The zero-order valence-corrected chi connectivity index (χ0v) is 10.7. The lowest BCUT2D eigenvalue weighted by molar-refractivity contribution is -0.384. The van der Waals surface area contributed by atoms with Crippen LogP contribution < -0.4 is 5.32 Å². The van der Waals surface area contributed by atoms with E-state index in [0.717, 1.165) is 10.9 Å². The summed E-state index contributed by atoms with van der Waals surface area (Å²) < 4.78 is 13.4. The lowest BCUT2D eigenvalue weighted by Crippen LogP contribution is -2.07. The molecule has 7 nitrogen and oxygen atoms in total. The minimum atomic E-state index is -1.49. The van der Waals surface area contributed by atoms with Gasteiger partial charge in [-0.25, -0.2) is 9.18 Å². The fourth-order valence-electron chi connectivity index (χ4n) is 1.53. The van der Waals surface area contributed by atoms with Crippen LogP contribution in [-0.2, 0) is 6.54 Å². The molecule has 1 aromatic carbocycles. The minimum Gasteiger partial charge on any atom is -0.478 e. The number of hydrogen-bond acceptors (Lipinski definition) is 6. The third-order valence-corrected chi connectivity index (χ3v) is 3.23. The predicted octanol–water partition coefficient (Wildman–Crippen LogP) is 2.50. The minimum absolute atomic E-state index is 0.0535. The maximum atomic E-state index is 13.4. The molecular weight excluding hydrogens is 289 g/mol. The molecule has 0 spiro atoms. The van der Waals surface area contributed by atoms with Crippen molar-refractivity contribution in [3.8, 4) is 0 Å². The van der Waals surface area contributed by atoms with E-state index in [0.29, 0.717) is 6.07 Å². The van der Waals surface area contributed by atoms with E-state index in [1.165, 1.54) is 11.3 Å². The third-order valence-electron chi connectivity index (χ3n) is 2.45. The number of carbonyl (C=O) groups is 1. The number of nitro groups is 1. The summed E-state index contributed by atoms with van der Waals surface area (Å²) in [5, 5.41) is 22.4. The first kappa shape index (κ1) is 13.9. The highest BCUT2D eigenvalue weighted by Gasteiger charge is 2.21. The largest absolute Gasteiger partial charge is 0.478 e. The van der Waals surface area contributed by atoms with Crippen molar-refractivity contribution in [1.29, 1.82) is 0 Å². The summed E-state index contributed by atoms with van der Waals surface area (Å²) in [6, 6.07) is 1.51. The Bertz CT molecular complexity index is 660. The monoisotopic (exact) mass is 297 g/mol. The maximum absolute atomic E-state index is 13.4. The predicted molar refractivity (Wildman–Crippen MR) is 69.5 cm³/mol. The second kappa shape index (κ2) is 5.61. The van der Waals surface area contributed by atoms with Crippen molar-refractivity contribution in [1.82, 2.24) is 4.98 Å². The summed E-state index contributed by atoms with van der Waals surface area (Å²) >= 11 is 1.34. The quantitative estimate of drug-likeness (QED) is 0.649. The third kappa shape index (κ3) is 2.88. The molecule has 0 radical (unpaired) electrons. The highest BCUT2D eigenvalue weighted by Crippen LogP contribution is 2.28. The topological polar surface area (TPSA) is 105 Å². The van der Waals surface area contributed by atoms with Gasteiger partial charge in [-0.3, -0.25) is 15.1 Å². The molecule has 0 saturated carbocycles. The van der Waals surface area contributed by atoms with Crippen molar-refractivity contribution < 1.29 is 19.2 Å². The Hall–Kier alpha value is -2.55. The van der Waals surface area contributed by atoms with Crippen LogP contribution in [0, 0.1) is 15.9 Å². The number of anilines is 1. The van der Waals surface area contributed by atoms with Crippen LogP contribution in [0.4, 0.5) is 15.8 Å². The average Bonchev–Trinajstić information content (AvgIpc) is 2.89. The van der Waals surface area contributed by atoms with Gasteiger partial charge in [0.2, 0.25) is 0 Å². The second-order valence-corrected chi connectivity index (χ2v) is 4.70. The lowest BCUT2D eigenvalue weighted by atomic mass is 10.1. The van der Waals surface area contributed by atoms with E-state index >= 15 is 0 Å². The summed E-state index contributed by atoms with van der Waals surface area (Å²) in [5.74, 6) is -2.63. The van der Waals surface area contributed by atoms with Gasteiger partial charge in [-0.2, -0.15) is 0 Å². The SMILES string of the molecule is O=C(O)c1cc(NCc2cncs2)c([N+](=O)[O-])cc1F. The smallest absolute Gasteiger partial charge is 0.338 e. The number of rotatable bonds is 5. The van der Waals surface area contributed by atoms with Crippen molar-refractivity contribution >= 4 is 28.7 Å². The Balaban J connectivity index is 2.35. The van der Waals surface area contributed by atoms with Crippen molar-refractivity contribution in [2.24, 2.45) is 0 Å². The zero-order chi connectivity index (χ0) is 14.7. The molecule has 9 heteroatoms. The summed E-state index contributed by atoms with van der Waals surface area (Å²) in [5.41, 5.74) is 0.403. The first-order valence-electron chi connectivity index (χ1n) is 5.31. The van der Waals surface area contributed by atoms with Gasteiger partial charge in [0.1, 0.15) is 11.5 Å². The fourth-order valence-corrected chi connectivity index (χ4v) is 2.07. The second-order valence-electron chi connectivity index (χ2n) is 3.73. The molecule has 0 bridgehead atoms. The van der Waals surface area contributed by atoms with E-state index in [1.54, 1.807) is 11.7 Å². The van der Waals surface area contributed by atoms with E-state index < -0.39 is 28.0 Å². The van der Waals surface area contributed by atoms with Gasteiger partial charge in [0.15, 0.2) is 0 Å². The van der Waals surface area contributed by atoms with Crippen molar-refractivity contribution in [2.45, 2.75) is 6.54 Å². The van der Waals surface area contributed by atoms with Crippen molar-refractivity contribution in [2.75, 3.05) is 5.32 Å². The number of nitrogens with zero attached hydrogens (tertiary/aromatic N) is 2. The Kier molecular flexibility index (Phi) is 3.89. The molecule has 0 saturated heterocycles. The molecule has 104 valence electrons. The molecule has 1 aromatic heterocycles. The molecular formula is C11H8FN3O4S. The molecule has 0 aliphatic carbocycles. The van der Waals surface area contributed by atoms with E-state index in [1.807, 2.05) is 0 Å². The summed E-state index contributed by atoms with van der Waals surface area (Å²) in [7, 11) is 0. The molecule has 1 heterocycles. The van der Waals surface area contributed by atoms with Crippen LogP contribution in [-0.4, -0.2) is 21.0 Å². The van der Waals surface area contributed by atoms with E-state index in [4.69, 9.17) is 5.11 Å². The van der Waals surface area contributed by atoms with Crippen LogP contribution in [0.1, 0.15) is 15.2 Å². The normalized spacial score (nSPS) is 10.2. The number of nitrogens with one attached hydrogen (secondary N) is 1. The Morgan fingerprint density at radius 3 is 2.85 bits per heavy atom. The molecule has 2 aromatic rings. The summed E-state index contributed by atoms with van der Waals surface area (Å²) in [6.07, 6.45) is 1.57. The first-order chi connectivity index (χ1) is 9.49. The molecule has 0 unspecified atom stereocenters. The highest BCUT2D eigenvalue weighted by molar-refractivity contribution is 7.09. The van der Waals surface area contributed by atoms with Crippen LogP contribution in [0.25, 0.3) is 0 Å². The van der Waals surface area contributed by atoms with Crippen LogP contribution in [0.15, 0.2) is 23.8 Å². The Morgan fingerprint density at radius 2 is 2.30 bits per heavy atom. The molecule has 0 aliphatic heterocycles. The van der Waals surface area contributed by atoms with E-state index in [2.05, 4.69) is 10.3 Å². The van der Waals surface area contributed by atoms with Gasteiger partial charge in [0.25, 0.3) is 5.69 Å². The molecule has 0 atom stereocenters. The van der Waals surface area contributed by atoms with E-state index in [-0.39, 0.29) is 12.2 Å². The van der Waals surface area contributed by atoms with Gasteiger partial charge >= 0.3 is 5.97 Å². The molecule has 2 rings (SSSR count). The highest BCUT2D eigenvalue weighted by atomic mass is 32.1. The van der Waals surface area contributed by atoms with Crippen LogP contribution in [0.5, 0.6) is 0 Å². The van der Waals surface area contributed by atoms with Gasteiger partial charge in [-0.05, 0) is 6.07 Å². The van der Waals surface area contributed by atoms with Crippen molar-refractivity contribution in [3.63, 3.8) is 0 Å². The van der Waals surface area contributed by atoms with E-state index in [9.17, 15) is 19.3 Å². The number of hydrogen-bond donors (Lipinski definition) is 2. The Morgan fingerprint density at radius 1 is 1.55 bits per heavy atom. The number of halogens is 1. The zero-order valence-electron chi connectivity index (χ0n) is 9.87. The van der Waals surface area contributed by atoms with Crippen LogP contribution >= 0.6 is 11.3 Å². The number of carboxylic acids is 1. The average molecular weight is 297 g/mol. The van der Waals surface area contributed by atoms with Gasteiger partial charge in [0.05, 0.1) is 28.6 Å². The number of nitro benzene ring substituents is 1. The number of thiazole rings is 1. The number of aromatic carboxylic acids is 1. The molecule has 0 aliphatic rings. The molecule has 0 amide bonds. The fraction of sp³-hybridized carbons (Fsp3) is 0.0909. The lowest BCUT2D eigenvalue weighted by Gasteiger charge is -2.07. The van der Waals surface area contributed by atoms with Crippen molar-refractivity contribution in [3.05, 3.63) is 50.2 Å². The molecule has 0 fully saturated rings. The number of carboxylic acid groups (broad SMARTS) is 1. The van der Waals surface area contributed by atoms with Gasteiger partial charge in [0, 0.05) is 11.1 Å². The van der Waals surface area contributed by atoms with Crippen LogP contribution in [0.2, 0.25) is 0 Å². The molecule has 20 heavy (non-hydrogen) atoms. The standard InChI is InChI=1S/C11H8FN3O4S/c12-8-2-10(15(18)19)9(1-7(8)11(16)17)14-4-6-3-13-5-20-6/h1-3,5,14H,4H2,(H,16,17). The number of aromatic nitrogens is 1. The van der Waals surface area contributed by atoms with Gasteiger partial charge in [-0.15, -0.1) is 11.3 Å². The van der Waals surface area contributed by atoms with Gasteiger partial charge in [-0.1, -0.05) is 0 Å². The first-order valence-corrected chi connectivity index (χ1v) is 6.19. The molecule has 2 N–H and O–H groups in total. The summed E-state index contributed by atoms with van der Waals surface area (Å²) in [6.45, 7) is 0.232.